The first-order valence-corrected chi connectivity index (χ1v) is 9.18. The van der Waals surface area contributed by atoms with Crippen LogP contribution in [0.5, 0.6) is 0 Å². The topological polar surface area (TPSA) is 42.0 Å². The van der Waals surface area contributed by atoms with Crippen LogP contribution in [0.25, 0.3) is 11.3 Å². The number of anilines is 1. The Bertz CT molecular complexity index is 886. The third-order valence-electron chi connectivity index (χ3n) is 3.28. The Kier molecular flexibility index (Phi) is 4.73. The van der Waals surface area contributed by atoms with E-state index < -0.39 is 0 Å². The summed E-state index contributed by atoms with van der Waals surface area (Å²) in [7, 11) is 0. The molecule has 1 amide bonds. The molecule has 0 radical (unpaired) electrons. The van der Waals surface area contributed by atoms with Gasteiger partial charge in [0, 0.05) is 16.5 Å². The molecular weight excluding hydrogens is 371 g/mol. The molecule has 0 spiro atoms. The van der Waals surface area contributed by atoms with Crippen LogP contribution in [0, 0.1) is 13.8 Å². The molecule has 2 heterocycles. The van der Waals surface area contributed by atoms with Crippen molar-refractivity contribution in [1.29, 1.82) is 0 Å². The minimum absolute atomic E-state index is 0.169. The van der Waals surface area contributed by atoms with E-state index in [1.54, 1.807) is 6.07 Å². The monoisotopic (exact) mass is 382 g/mol. The van der Waals surface area contributed by atoms with Crippen LogP contribution < -0.4 is 5.32 Å². The summed E-state index contributed by atoms with van der Waals surface area (Å²) in [6, 6.07) is 7.50. The zero-order valence-corrected chi connectivity index (χ0v) is 15.5. The molecule has 7 heteroatoms. The van der Waals surface area contributed by atoms with Crippen molar-refractivity contribution < 1.29 is 4.79 Å². The minimum atomic E-state index is -0.169. The van der Waals surface area contributed by atoms with E-state index in [9.17, 15) is 4.79 Å². The summed E-state index contributed by atoms with van der Waals surface area (Å²) >= 11 is 14.7. The minimum Gasteiger partial charge on any atom is -0.298 e. The van der Waals surface area contributed by atoms with E-state index in [0.29, 0.717) is 25.1 Å². The summed E-state index contributed by atoms with van der Waals surface area (Å²) in [6.07, 6.45) is 0. The lowest BCUT2D eigenvalue weighted by Gasteiger charge is -2.06. The van der Waals surface area contributed by atoms with Crippen molar-refractivity contribution in [2.24, 2.45) is 0 Å². The zero-order valence-electron chi connectivity index (χ0n) is 12.3. The van der Waals surface area contributed by atoms with E-state index >= 15 is 0 Å². The van der Waals surface area contributed by atoms with E-state index in [4.69, 9.17) is 23.2 Å². The van der Waals surface area contributed by atoms with Gasteiger partial charge in [0.05, 0.1) is 10.0 Å². The summed E-state index contributed by atoms with van der Waals surface area (Å²) in [4.78, 5) is 16.8. The molecule has 23 heavy (non-hydrogen) atoms. The average Bonchev–Trinajstić information content (AvgIpc) is 3.05. The smallest absolute Gasteiger partial charge is 0.257 e. The quantitative estimate of drug-likeness (QED) is 0.598. The van der Waals surface area contributed by atoms with Crippen molar-refractivity contribution in [2.45, 2.75) is 13.8 Å². The molecule has 0 saturated heterocycles. The first-order chi connectivity index (χ1) is 10.9. The Hall–Kier alpha value is -1.40. The highest BCUT2D eigenvalue weighted by molar-refractivity contribution is 7.20. The second-order valence-corrected chi connectivity index (χ2v) is 8.19. The molecule has 2 aromatic heterocycles. The lowest BCUT2D eigenvalue weighted by molar-refractivity contribution is 0.102. The Morgan fingerprint density at radius 3 is 2.65 bits per heavy atom. The van der Waals surface area contributed by atoms with Gasteiger partial charge in [-0.15, -0.1) is 22.7 Å². The predicted molar refractivity (Wildman–Crippen MR) is 99.3 cm³/mol. The van der Waals surface area contributed by atoms with Gasteiger partial charge in [-0.25, -0.2) is 4.98 Å². The van der Waals surface area contributed by atoms with E-state index in [0.717, 1.165) is 16.7 Å². The maximum Gasteiger partial charge on any atom is 0.257 e. The summed E-state index contributed by atoms with van der Waals surface area (Å²) in [5.41, 5.74) is 4.19. The van der Waals surface area contributed by atoms with Gasteiger partial charge < -0.3 is 0 Å². The largest absolute Gasteiger partial charge is 0.298 e. The molecule has 0 atom stereocenters. The number of nitrogens with one attached hydrogen (secondary N) is 1. The number of nitrogens with zero attached hydrogens (tertiary/aromatic N) is 1. The molecule has 0 unspecified atom stereocenters. The third-order valence-corrected chi connectivity index (χ3v) is 5.53. The van der Waals surface area contributed by atoms with Crippen molar-refractivity contribution in [3.63, 3.8) is 0 Å². The van der Waals surface area contributed by atoms with Gasteiger partial charge in [-0.3, -0.25) is 10.1 Å². The number of rotatable bonds is 3. The van der Waals surface area contributed by atoms with E-state index in [1.165, 1.54) is 22.7 Å². The second kappa shape index (κ2) is 6.61. The van der Waals surface area contributed by atoms with Gasteiger partial charge in [-0.1, -0.05) is 40.9 Å². The Morgan fingerprint density at radius 1 is 1.22 bits per heavy atom. The van der Waals surface area contributed by atoms with E-state index in [1.807, 2.05) is 37.4 Å². The lowest BCUT2D eigenvalue weighted by atomic mass is 10.1. The SMILES string of the molecule is Cc1ccc(C(=O)Nc2nc(-c3cc(Cl)sc3Cl)cs2)c(C)c1. The highest BCUT2D eigenvalue weighted by Crippen LogP contribution is 2.39. The third kappa shape index (κ3) is 3.58. The maximum atomic E-state index is 12.4. The molecule has 0 fully saturated rings. The van der Waals surface area contributed by atoms with Crippen molar-refractivity contribution in [3.05, 3.63) is 55.0 Å². The van der Waals surface area contributed by atoms with Gasteiger partial charge in [-0.2, -0.15) is 0 Å². The van der Waals surface area contributed by atoms with Gasteiger partial charge in [0.25, 0.3) is 5.91 Å². The average molecular weight is 383 g/mol. The number of thiophene rings is 1. The van der Waals surface area contributed by atoms with Crippen LogP contribution in [0.15, 0.2) is 29.6 Å². The van der Waals surface area contributed by atoms with Crippen LogP contribution in [-0.2, 0) is 0 Å². The summed E-state index contributed by atoms with van der Waals surface area (Å²) in [6.45, 7) is 3.92. The van der Waals surface area contributed by atoms with Crippen LogP contribution in [0.2, 0.25) is 8.67 Å². The van der Waals surface area contributed by atoms with Crippen molar-refractivity contribution in [2.75, 3.05) is 5.32 Å². The number of benzene rings is 1. The highest BCUT2D eigenvalue weighted by Gasteiger charge is 2.15. The highest BCUT2D eigenvalue weighted by atomic mass is 35.5. The molecule has 1 aromatic carbocycles. The molecular formula is C16H12Cl2N2OS2. The van der Waals surface area contributed by atoms with Gasteiger partial charge in [0.15, 0.2) is 5.13 Å². The number of hydrogen-bond acceptors (Lipinski definition) is 4. The second-order valence-electron chi connectivity index (χ2n) is 5.05. The number of halogens is 2. The summed E-state index contributed by atoms with van der Waals surface area (Å²) in [5.74, 6) is -0.169. The molecule has 3 aromatic rings. The van der Waals surface area contributed by atoms with Crippen LogP contribution in [0.3, 0.4) is 0 Å². The molecule has 0 aliphatic heterocycles. The number of thiazole rings is 1. The molecule has 0 aliphatic rings. The number of carbonyl (C=O) groups excluding carboxylic acids is 1. The fourth-order valence-electron chi connectivity index (χ4n) is 2.20. The fraction of sp³-hybridized carbons (Fsp3) is 0.125. The van der Waals surface area contributed by atoms with Crippen LogP contribution in [-0.4, -0.2) is 10.9 Å². The number of carbonyl (C=O) groups is 1. The Labute approximate surface area is 151 Å². The first kappa shape index (κ1) is 16.5. The van der Waals surface area contributed by atoms with E-state index in [2.05, 4.69) is 10.3 Å². The number of amides is 1. The molecule has 1 N–H and O–H groups in total. The summed E-state index contributed by atoms with van der Waals surface area (Å²) < 4.78 is 1.20. The van der Waals surface area contributed by atoms with Crippen LogP contribution in [0.1, 0.15) is 21.5 Å². The molecule has 0 aliphatic carbocycles. The first-order valence-electron chi connectivity index (χ1n) is 6.73. The standard InChI is InChI=1S/C16H12Cl2N2OS2/c1-8-3-4-10(9(2)5-8)15(21)20-16-19-12(7-22-16)11-6-13(17)23-14(11)18/h3-7H,1-2H3,(H,19,20,21). The maximum absolute atomic E-state index is 12.4. The van der Waals surface area contributed by atoms with Gasteiger partial charge in [-0.05, 0) is 31.5 Å². The van der Waals surface area contributed by atoms with Crippen molar-refractivity contribution >= 4 is 56.9 Å². The lowest BCUT2D eigenvalue weighted by Crippen LogP contribution is -2.13. The van der Waals surface area contributed by atoms with Gasteiger partial charge in [0.1, 0.15) is 4.34 Å². The van der Waals surface area contributed by atoms with Crippen LogP contribution in [0.4, 0.5) is 5.13 Å². The fourth-order valence-corrected chi connectivity index (χ4v) is 4.39. The molecule has 3 nitrogen and oxygen atoms in total. The normalized spacial score (nSPS) is 10.8. The van der Waals surface area contributed by atoms with Crippen LogP contribution >= 0.6 is 45.9 Å². The Morgan fingerprint density at radius 2 is 2.00 bits per heavy atom. The molecule has 118 valence electrons. The number of aryl methyl sites for hydroxylation is 2. The summed E-state index contributed by atoms with van der Waals surface area (Å²) in [5, 5.41) is 5.21. The van der Waals surface area contributed by atoms with Crippen molar-refractivity contribution in [1.82, 2.24) is 4.98 Å². The molecule has 0 bridgehead atoms. The Balaban J connectivity index is 1.81. The molecule has 0 saturated carbocycles. The number of aromatic nitrogens is 1. The molecule has 3 rings (SSSR count). The number of hydrogen-bond donors (Lipinski definition) is 1. The predicted octanol–water partition coefficient (Wildman–Crippen LogP) is 6.05. The van der Waals surface area contributed by atoms with E-state index in [-0.39, 0.29) is 5.91 Å². The zero-order chi connectivity index (χ0) is 16.6. The van der Waals surface area contributed by atoms with Gasteiger partial charge >= 0.3 is 0 Å². The van der Waals surface area contributed by atoms with Crippen molar-refractivity contribution in [3.8, 4) is 11.3 Å². The van der Waals surface area contributed by atoms with Gasteiger partial charge in [0.2, 0.25) is 0 Å².